The molecule has 0 saturated heterocycles. The summed E-state index contributed by atoms with van der Waals surface area (Å²) in [5, 5.41) is 3.38. The molecule has 1 rings (SSSR count). The minimum Gasteiger partial charge on any atom is -0.465 e. The van der Waals surface area contributed by atoms with Gasteiger partial charge in [0.1, 0.15) is 6.04 Å². The van der Waals surface area contributed by atoms with E-state index in [1.807, 2.05) is 6.92 Å². The second-order valence-corrected chi connectivity index (χ2v) is 5.21. The largest absolute Gasteiger partial charge is 0.465 e. The number of nitrogens with zero attached hydrogens (tertiary/aromatic N) is 1. The standard InChI is InChI=1S/C14H28N2O2/c1-4-6-7-10-16(3)11-13(14(17)18-5-2)15-12-8-9-12/h12-13,15H,4-11H2,1-3H3. The van der Waals surface area contributed by atoms with Crippen molar-refractivity contribution in [3.8, 4) is 0 Å². The van der Waals surface area contributed by atoms with Crippen molar-refractivity contribution in [3.05, 3.63) is 0 Å². The number of carbonyl (C=O) groups is 1. The Bertz CT molecular complexity index is 242. The Morgan fingerprint density at radius 3 is 2.67 bits per heavy atom. The molecule has 0 heterocycles. The normalized spacial score (nSPS) is 16.9. The molecule has 1 atom stereocenters. The van der Waals surface area contributed by atoms with Crippen LogP contribution in [0.15, 0.2) is 0 Å². The first-order chi connectivity index (χ1) is 8.67. The highest BCUT2D eigenvalue weighted by atomic mass is 16.5. The molecule has 1 aliphatic carbocycles. The molecule has 1 saturated carbocycles. The summed E-state index contributed by atoms with van der Waals surface area (Å²) in [5.74, 6) is -0.105. The molecule has 1 N–H and O–H groups in total. The van der Waals surface area contributed by atoms with Gasteiger partial charge in [0.2, 0.25) is 0 Å². The molecule has 18 heavy (non-hydrogen) atoms. The van der Waals surface area contributed by atoms with Gasteiger partial charge in [-0.25, -0.2) is 0 Å². The lowest BCUT2D eigenvalue weighted by molar-refractivity contribution is -0.146. The SMILES string of the molecule is CCCCCN(C)CC(NC1CC1)C(=O)OCC. The van der Waals surface area contributed by atoms with Crippen molar-refractivity contribution < 1.29 is 9.53 Å². The summed E-state index contributed by atoms with van der Waals surface area (Å²) in [6.07, 6.45) is 6.07. The van der Waals surface area contributed by atoms with E-state index in [2.05, 4.69) is 24.2 Å². The quantitative estimate of drug-likeness (QED) is 0.478. The van der Waals surface area contributed by atoms with Gasteiger partial charge in [-0.1, -0.05) is 19.8 Å². The van der Waals surface area contributed by atoms with E-state index in [-0.39, 0.29) is 12.0 Å². The van der Waals surface area contributed by atoms with E-state index in [1.165, 1.54) is 32.1 Å². The predicted octanol–water partition coefficient (Wildman–Crippen LogP) is 1.79. The van der Waals surface area contributed by atoms with Gasteiger partial charge in [0, 0.05) is 12.6 Å². The van der Waals surface area contributed by atoms with Crippen molar-refractivity contribution in [2.24, 2.45) is 0 Å². The third-order valence-corrected chi connectivity index (χ3v) is 3.22. The van der Waals surface area contributed by atoms with E-state index in [0.29, 0.717) is 12.6 Å². The van der Waals surface area contributed by atoms with Crippen LogP contribution < -0.4 is 5.32 Å². The molecule has 0 aromatic heterocycles. The van der Waals surface area contributed by atoms with Crippen LogP contribution in [-0.4, -0.2) is 49.7 Å². The lowest BCUT2D eigenvalue weighted by Crippen LogP contribution is -2.47. The molecule has 1 fully saturated rings. The van der Waals surface area contributed by atoms with Crippen LogP contribution in [0.4, 0.5) is 0 Å². The molecule has 4 nitrogen and oxygen atoms in total. The van der Waals surface area contributed by atoms with Crippen molar-refractivity contribution in [3.63, 3.8) is 0 Å². The van der Waals surface area contributed by atoms with Crippen LogP contribution >= 0.6 is 0 Å². The molecule has 0 spiro atoms. The minimum atomic E-state index is -0.163. The third-order valence-electron chi connectivity index (χ3n) is 3.22. The Morgan fingerprint density at radius 1 is 1.39 bits per heavy atom. The van der Waals surface area contributed by atoms with Gasteiger partial charge in [0.25, 0.3) is 0 Å². The zero-order chi connectivity index (χ0) is 13.4. The molecule has 1 unspecified atom stereocenters. The Kier molecular flexibility index (Phi) is 7.28. The van der Waals surface area contributed by atoms with Crippen molar-refractivity contribution >= 4 is 5.97 Å². The molecule has 0 radical (unpaired) electrons. The Morgan fingerprint density at radius 2 is 2.11 bits per heavy atom. The van der Waals surface area contributed by atoms with Crippen LogP contribution in [0.25, 0.3) is 0 Å². The summed E-state index contributed by atoms with van der Waals surface area (Å²) >= 11 is 0. The van der Waals surface area contributed by atoms with Gasteiger partial charge in [-0.15, -0.1) is 0 Å². The zero-order valence-electron chi connectivity index (χ0n) is 12.1. The number of nitrogens with one attached hydrogen (secondary N) is 1. The third kappa shape index (κ3) is 6.36. The summed E-state index contributed by atoms with van der Waals surface area (Å²) in [6, 6.07) is 0.368. The van der Waals surface area contributed by atoms with E-state index in [4.69, 9.17) is 4.74 Å². The zero-order valence-corrected chi connectivity index (χ0v) is 12.1. The molecule has 106 valence electrons. The fourth-order valence-electron chi connectivity index (χ4n) is 2.01. The van der Waals surface area contributed by atoms with E-state index >= 15 is 0 Å². The highest BCUT2D eigenvalue weighted by Crippen LogP contribution is 2.19. The number of hydrogen-bond acceptors (Lipinski definition) is 4. The lowest BCUT2D eigenvalue weighted by atomic mass is 10.2. The van der Waals surface area contributed by atoms with Crippen molar-refractivity contribution in [2.45, 2.75) is 58.0 Å². The highest BCUT2D eigenvalue weighted by Gasteiger charge is 2.29. The second kappa shape index (κ2) is 8.48. The van der Waals surface area contributed by atoms with Gasteiger partial charge >= 0.3 is 5.97 Å². The van der Waals surface area contributed by atoms with Gasteiger partial charge < -0.3 is 15.0 Å². The number of carbonyl (C=O) groups excluding carboxylic acids is 1. The topological polar surface area (TPSA) is 41.6 Å². The number of hydrogen-bond donors (Lipinski definition) is 1. The first-order valence-corrected chi connectivity index (χ1v) is 7.28. The number of ether oxygens (including phenoxy) is 1. The smallest absolute Gasteiger partial charge is 0.324 e. The second-order valence-electron chi connectivity index (χ2n) is 5.21. The van der Waals surface area contributed by atoms with Crippen molar-refractivity contribution in [2.75, 3.05) is 26.7 Å². The summed E-state index contributed by atoms with van der Waals surface area (Å²) in [5.41, 5.74) is 0. The summed E-state index contributed by atoms with van der Waals surface area (Å²) in [6.45, 7) is 6.32. The lowest BCUT2D eigenvalue weighted by Gasteiger charge is -2.23. The van der Waals surface area contributed by atoms with Crippen LogP contribution in [-0.2, 0) is 9.53 Å². The monoisotopic (exact) mass is 256 g/mol. The van der Waals surface area contributed by atoms with Crippen molar-refractivity contribution in [1.29, 1.82) is 0 Å². The minimum absolute atomic E-state index is 0.105. The van der Waals surface area contributed by atoms with E-state index < -0.39 is 0 Å². The van der Waals surface area contributed by atoms with Gasteiger partial charge in [0.15, 0.2) is 0 Å². The molecule has 0 aliphatic heterocycles. The van der Waals surface area contributed by atoms with Crippen LogP contribution in [0, 0.1) is 0 Å². The van der Waals surface area contributed by atoms with Crippen LogP contribution in [0.5, 0.6) is 0 Å². The molecule has 0 aromatic carbocycles. The predicted molar refractivity (Wildman–Crippen MR) is 73.6 cm³/mol. The van der Waals surface area contributed by atoms with E-state index in [1.54, 1.807) is 0 Å². The fraction of sp³-hybridized carbons (Fsp3) is 0.929. The molecule has 0 aromatic rings. The molecule has 0 amide bonds. The first kappa shape index (κ1) is 15.4. The fourth-order valence-corrected chi connectivity index (χ4v) is 2.01. The van der Waals surface area contributed by atoms with Gasteiger partial charge in [0.05, 0.1) is 6.61 Å². The molecule has 4 heteroatoms. The number of likely N-dealkylation sites (N-methyl/N-ethyl adjacent to an activating group) is 1. The number of unbranched alkanes of at least 4 members (excludes halogenated alkanes) is 2. The summed E-state index contributed by atoms with van der Waals surface area (Å²) in [7, 11) is 2.08. The molecular weight excluding hydrogens is 228 g/mol. The maximum absolute atomic E-state index is 11.9. The van der Waals surface area contributed by atoms with Gasteiger partial charge in [-0.3, -0.25) is 4.79 Å². The average Bonchev–Trinajstić information content (AvgIpc) is 3.13. The average molecular weight is 256 g/mol. The number of esters is 1. The van der Waals surface area contributed by atoms with Crippen molar-refractivity contribution in [1.82, 2.24) is 10.2 Å². The van der Waals surface area contributed by atoms with Crippen LogP contribution in [0.2, 0.25) is 0 Å². The maximum Gasteiger partial charge on any atom is 0.324 e. The summed E-state index contributed by atoms with van der Waals surface area (Å²) in [4.78, 5) is 14.1. The molecule has 1 aliphatic rings. The van der Waals surface area contributed by atoms with Crippen LogP contribution in [0.1, 0.15) is 46.0 Å². The Labute approximate surface area is 111 Å². The maximum atomic E-state index is 11.9. The van der Waals surface area contributed by atoms with E-state index in [0.717, 1.165) is 13.1 Å². The molecule has 0 bridgehead atoms. The summed E-state index contributed by atoms with van der Waals surface area (Å²) < 4.78 is 5.13. The number of rotatable bonds is 10. The first-order valence-electron chi connectivity index (χ1n) is 7.28. The van der Waals surface area contributed by atoms with Gasteiger partial charge in [-0.2, -0.15) is 0 Å². The highest BCUT2D eigenvalue weighted by molar-refractivity contribution is 5.76. The van der Waals surface area contributed by atoms with Crippen LogP contribution in [0.3, 0.4) is 0 Å². The molecular formula is C14H28N2O2. The van der Waals surface area contributed by atoms with Gasteiger partial charge in [-0.05, 0) is 39.8 Å². The Balaban J connectivity index is 2.31. The Hall–Kier alpha value is -0.610. The van der Waals surface area contributed by atoms with E-state index in [9.17, 15) is 4.79 Å².